The predicted octanol–water partition coefficient (Wildman–Crippen LogP) is 3.73. The molecule has 1 aromatic carbocycles. The smallest absolute Gasteiger partial charge is 0.272 e. The van der Waals surface area contributed by atoms with Crippen LogP contribution in [-0.2, 0) is 0 Å². The predicted molar refractivity (Wildman–Crippen MR) is 85.4 cm³/mol. The summed E-state index contributed by atoms with van der Waals surface area (Å²) in [5.74, 6) is 1.92. The van der Waals surface area contributed by atoms with Gasteiger partial charge in [0.15, 0.2) is 0 Å². The molecule has 1 aromatic rings. The third-order valence-corrected chi connectivity index (χ3v) is 5.02. The number of non-ortho nitro benzene ring substituents is 1. The maximum absolute atomic E-state index is 11.1. The van der Waals surface area contributed by atoms with Crippen LogP contribution in [0.25, 0.3) is 0 Å². The minimum absolute atomic E-state index is 0.170. The molecule has 3 atom stereocenters. The molecule has 0 aromatic heterocycles. The third-order valence-electron chi connectivity index (χ3n) is 5.02. The van der Waals surface area contributed by atoms with Crippen molar-refractivity contribution in [2.45, 2.75) is 32.6 Å². The van der Waals surface area contributed by atoms with Crippen molar-refractivity contribution < 1.29 is 9.85 Å². The van der Waals surface area contributed by atoms with E-state index in [1.807, 2.05) is 6.92 Å². The summed E-state index contributed by atoms with van der Waals surface area (Å²) in [6.45, 7) is 1.94. The fraction of sp³-hybridized carbons (Fsp3) is 0.533. The highest BCUT2D eigenvalue weighted by atomic mass is 16.6. The molecule has 122 valence electrons. The summed E-state index contributed by atoms with van der Waals surface area (Å²) in [6, 6.07) is 3.51. The molecule has 0 saturated heterocycles. The van der Waals surface area contributed by atoms with Gasteiger partial charge in [-0.15, -0.1) is 0 Å². The lowest BCUT2D eigenvalue weighted by atomic mass is 9.86. The van der Waals surface area contributed by atoms with Gasteiger partial charge in [0.1, 0.15) is 5.69 Å². The molecule has 0 spiro atoms. The zero-order valence-corrected chi connectivity index (χ0v) is 12.8. The van der Waals surface area contributed by atoms with Crippen molar-refractivity contribution in [3.63, 3.8) is 0 Å². The lowest BCUT2D eigenvalue weighted by molar-refractivity contribution is -0.393. The van der Waals surface area contributed by atoms with E-state index in [9.17, 15) is 20.2 Å². The third kappa shape index (κ3) is 3.01. The van der Waals surface area contributed by atoms with Crippen LogP contribution in [0.2, 0.25) is 0 Å². The van der Waals surface area contributed by atoms with Crippen LogP contribution in [0.5, 0.6) is 0 Å². The summed E-state index contributed by atoms with van der Waals surface area (Å²) >= 11 is 0. The van der Waals surface area contributed by atoms with Crippen molar-refractivity contribution in [2.75, 3.05) is 5.43 Å². The summed E-state index contributed by atoms with van der Waals surface area (Å²) in [4.78, 5) is 20.5. The fourth-order valence-corrected chi connectivity index (χ4v) is 3.87. The molecule has 2 aliphatic carbocycles. The Morgan fingerprint density at radius 3 is 2.57 bits per heavy atom. The van der Waals surface area contributed by atoms with Gasteiger partial charge >= 0.3 is 5.69 Å². The Bertz CT molecular complexity index is 688. The summed E-state index contributed by atoms with van der Waals surface area (Å²) in [5.41, 5.74) is 3.19. The number of anilines is 1. The van der Waals surface area contributed by atoms with Gasteiger partial charge in [-0.05, 0) is 44.1 Å². The Morgan fingerprint density at radius 2 is 2.00 bits per heavy atom. The first-order valence-corrected chi connectivity index (χ1v) is 7.68. The normalized spacial score (nSPS) is 26.3. The van der Waals surface area contributed by atoms with Gasteiger partial charge in [0.05, 0.1) is 15.9 Å². The fourth-order valence-electron chi connectivity index (χ4n) is 3.87. The van der Waals surface area contributed by atoms with Crippen molar-refractivity contribution in [2.24, 2.45) is 22.9 Å². The first-order chi connectivity index (χ1) is 11.0. The number of hydrogen-bond donors (Lipinski definition) is 1. The summed E-state index contributed by atoms with van der Waals surface area (Å²) < 4.78 is 0. The first kappa shape index (κ1) is 15.4. The molecule has 23 heavy (non-hydrogen) atoms. The average Bonchev–Trinajstić information content (AvgIpc) is 3.15. The van der Waals surface area contributed by atoms with Gasteiger partial charge in [0.2, 0.25) is 0 Å². The standard InChI is InChI=1S/C15H18N4O4/c1-9(13-7-10-2-3-11(13)6-10)16-17-14-5-4-12(18(20)21)8-15(14)19(22)23/h4-5,8,10-11,13,17H,2-3,6-7H2,1H3/b16-9+/t10-,11-,13-/m1/s1. The van der Waals surface area contributed by atoms with Crippen molar-refractivity contribution >= 4 is 22.8 Å². The van der Waals surface area contributed by atoms with Gasteiger partial charge in [0.25, 0.3) is 5.69 Å². The SMILES string of the molecule is C/C(=N\Nc1ccc([N+](=O)[O-])cc1[N+](=O)[O-])[C@H]1C[C@@H]2CC[C@@H]1C2. The molecule has 1 N–H and O–H groups in total. The van der Waals surface area contributed by atoms with Crippen LogP contribution in [0, 0.1) is 38.0 Å². The van der Waals surface area contributed by atoms with Crippen LogP contribution in [0.4, 0.5) is 17.1 Å². The molecule has 2 fully saturated rings. The van der Waals surface area contributed by atoms with Gasteiger partial charge in [-0.1, -0.05) is 6.42 Å². The highest BCUT2D eigenvalue weighted by molar-refractivity contribution is 5.86. The maximum atomic E-state index is 11.1. The van der Waals surface area contributed by atoms with Crippen LogP contribution >= 0.6 is 0 Å². The van der Waals surface area contributed by atoms with Crippen LogP contribution in [0.3, 0.4) is 0 Å². The Labute approximate surface area is 132 Å². The van der Waals surface area contributed by atoms with E-state index in [4.69, 9.17) is 0 Å². The average molecular weight is 318 g/mol. The second-order valence-electron chi connectivity index (χ2n) is 6.36. The van der Waals surface area contributed by atoms with Gasteiger partial charge in [0, 0.05) is 17.7 Å². The molecule has 2 saturated carbocycles. The Hall–Kier alpha value is -2.51. The van der Waals surface area contributed by atoms with E-state index < -0.39 is 9.85 Å². The van der Waals surface area contributed by atoms with E-state index in [2.05, 4.69) is 10.5 Å². The van der Waals surface area contributed by atoms with Crippen molar-refractivity contribution in [1.29, 1.82) is 0 Å². The number of nitrogens with zero attached hydrogens (tertiary/aromatic N) is 3. The van der Waals surface area contributed by atoms with E-state index in [0.29, 0.717) is 11.8 Å². The number of nitro benzene ring substituents is 2. The van der Waals surface area contributed by atoms with Crippen molar-refractivity contribution in [3.05, 3.63) is 38.4 Å². The minimum atomic E-state index is -0.652. The molecular weight excluding hydrogens is 300 g/mol. The van der Waals surface area contributed by atoms with E-state index in [-0.39, 0.29) is 17.1 Å². The number of benzene rings is 1. The highest BCUT2D eigenvalue weighted by Crippen LogP contribution is 2.48. The summed E-state index contributed by atoms with van der Waals surface area (Å²) in [6.07, 6.45) is 4.94. The number of nitrogens with one attached hydrogen (secondary N) is 1. The molecule has 8 nitrogen and oxygen atoms in total. The molecule has 3 rings (SSSR count). The molecule has 0 heterocycles. The topological polar surface area (TPSA) is 111 Å². The highest BCUT2D eigenvalue weighted by Gasteiger charge is 2.40. The van der Waals surface area contributed by atoms with E-state index in [1.54, 1.807) is 0 Å². The van der Waals surface area contributed by atoms with Crippen LogP contribution < -0.4 is 5.43 Å². The van der Waals surface area contributed by atoms with Gasteiger partial charge < -0.3 is 0 Å². The Balaban J connectivity index is 1.78. The molecule has 0 radical (unpaired) electrons. The maximum Gasteiger partial charge on any atom is 0.301 e. The number of rotatable bonds is 5. The zero-order chi connectivity index (χ0) is 16.6. The van der Waals surface area contributed by atoms with E-state index >= 15 is 0 Å². The molecule has 8 heteroatoms. The van der Waals surface area contributed by atoms with Crippen molar-refractivity contribution in [1.82, 2.24) is 0 Å². The quantitative estimate of drug-likeness (QED) is 0.505. The number of fused-ring (bicyclic) bond motifs is 2. The molecule has 2 aliphatic rings. The van der Waals surface area contributed by atoms with E-state index in [1.165, 1.54) is 31.4 Å². The van der Waals surface area contributed by atoms with Crippen LogP contribution in [0.15, 0.2) is 23.3 Å². The Morgan fingerprint density at radius 1 is 1.22 bits per heavy atom. The first-order valence-electron chi connectivity index (χ1n) is 7.68. The monoisotopic (exact) mass is 318 g/mol. The second-order valence-corrected chi connectivity index (χ2v) is 6.36. The Kier molecular flexibility index (Phi) is 3.97. The number of hydrazone groups is 1. The van der Waals surface area contributed by atoms with E-state index in [0.717, 1.165) is 24.1 Å². The number of nitro groups is 2. The second kappa shape index (κ2) is 5.94. The minimum Gasteiger partial charge on any atom is -0.272 e. The molecule has 0 unspecified atom stereocenters. The summed E-state index contributed by atoms with van der Waals surface area (Å²) in [7, 11) is 0. The van der Waals surface area contributed by atoms with Crippen molar-refractivity contribution in [3.8, 4) is 0 Å². The number of hydrogen-bond acceptors (Lipinski definition) is 6. The lowest BCUT2D eigenvalue weighted by Gasteiger charge is -2.21. The molecular formula is C15H18N4O4. The van der Waals surface area contributed by atoms with Crippen LogP contribution in [0.1, 0.15) is 32.6 Å². The van der Waals surface area contributed by atoms with Gasteiger partial charge in [-0.2, -0.15) is 5.10 Å². The lowest BCUT2D eigenvalue weighted by Crippen LogP contribution is -2.19. The molecule has 2 bridgehead atoms. The molecule has 0 amide bonds. The largest absolute Gasteiger partial charge is 0.301 e. The molecule has 0 aliphatic heterocycles. The zero-order valence-electron chi connectivity index (χ0n) is 12.8. The van der Waals surface area contributed by atoms with Crippen LogP contribution in [-0.4, -0.2) is 15.6 Å². The van der Waals surface area contributed by atoms with Gasteiger partial charge in [-0.3, -0.25) is 25.7 Å². The summed E-state index contributed by atoms with van der Waals surface area (Å²) in [5, 5.41) is 26.1. The van der Waals surface area contributed by atoms with Gasteiger partial charge in [-0.25, -0.2) is 0 Å².